The van der Waals surface area contributed by atoms with E-state index in [1.54, 1.807) is 18.2 Å². The second-order valence-electron chi connectivity index (χ2n) is 8.72. The van der Waals surface area contributed by atoms with E-state index >= 15 is 0 Å². The third-order valence-electron chi connectivity index (χ3n) is 6.64. The molecular formula is C24H34F2N2O3. The highest BCUT2D eigenvalue weighted by Gasteiger charge is 2.31. The van der Waals surface area contributed by atoms with Gasteiger partial charge in [0.2, 0.25) is 0 Å². The number of amides is 2. The molecule has 5 nitrogen and oxygen atoms in total. The van der Waals surface area contributed by atoms with Gasteiger partial charge in [-0.05, 0) is 49.3 Å². The van der Waals surface area contributed by atoms with E-state index in [9.17, 15) is 23.2 Å². The van der Waals surface area contributed by atoms with Crippen LogP contribution < -0.4 is 5.32 Å². The van der Waals surface area contributed by atoms with Gasteiger partial charge in [0.15, 0.2) is 5.78 Å². The molecule has 1 aliphatic heterocycles. The molecule has 1 heterocycles. The number of rotatable bonds is 7. The second kappa shape index (κ2) is 10.8. The molecule has 2 aliphatic rings. The maximum Gasteiger partial charge on any atom is 0.315 e. The summed E-state index contributed by atoms with van der Waals surface area (Å²) in [5.41, 5.74) is 1.31. The largest absolute Gasteiger partial charge is 0.342 e. The molecule has 1 aliphatic carbocycles. The molecule has 2 fully saturated rings. The standard InChI is InChI=1S/C24H32F2N2O3.H2/c1-2-20(29)21(16-8-4-3-5-9-16)27-23(30)18-11-6-10-17(14-18)19-12-7-13-28(15-19)24(31)22(25)26;/h6,10-11,14,16,19,21-22H,2-5,7-9,12-13,15H2,1H3,(H,27,30);1H/t19?,21-;/m1./s1. The number of nitrogens with one attached hydrogen (secondary N) is 1. The van der Waals surface area contributed by atoms with Crippen LogP contribution in [0.2, 0.25) is 0 Å². The van der Waals surface area contributed by atoms with Crippen molar-refractivity contribution in [3.05, 3.63) is 35.4 Å². The summed E-state index contributed by atoms with van der Waals surface area (Å²) >= 11 is 0. The molecule has 7 heteroatoms. The Morgan fingerprint density at radius 1 is 1.13 bits per heavy atom. The van der Waals surface area contributed by atoms with Crippen LogP contribution >= 0.6 is 0 Å². The molecule has 1 aromatic carbocycles. The van der Waals surface area contributed by atoms with Gasteiger partial charge in [0, 0.05) is 32.4 Å². The maximum absolute atomic E-state index is 13.0. The van der Waals surface area contributed by atoms with E-state index in [-0.39, 0.29) is 31.5 Å². The van der Waals surface area contributed by atoms with Crippen molar-refractivity contribution in [3.8, 4) is 0 Å². The first kappa shape index (κ1) is 23.4. The number of alkyl halides is 2. The minimum absolute atomic E-state index is 0. The van der Waals surface area contributed by atoms with Gasteiger partial charge in [0.1, 0.15) is 0 Å². The third-order valence-corrected chi connectivity index (χ3v) is 6.64. The zero-order valence-electron chi connectivity index (χ0n) is 18.1. The fraction of sp³-hybridized carbons (Fsp3) is 0.625. The van der Waals surface area contributed by atoms with E-state index < -0.39 is 18.4 Å². The molecule has 2 atom stereocenters. The number of halogens is 2. The van der Waals surface area contributed by atoms with Crippen LogP contribution in [0.1, 0.15) is 81.6 Å². The highest BCUT2D eigenvalue weighted by atomic mass is 19.3. The zero-order valence-corrected chi connectivity index (χ0v) is 18.1. The second-order valence-corrected chi connectivity index (χ2v) is 8.72. The first-order chi connectivity index (χ1) is 14.9. The van der Waals surface area contributed by atoms with Gasteiger partial charge in [-0.2, -0.15) is 8.78 Å². The predicted molar refractivity (Wildman–Crippen MR) is 116 cm³/mol. The molecule has 0 radical (unpaired) electrons. The van der Waals surface area contributed by atoms with Crippen LogP contribution in [0, 0.1) is 5.92 Å². The average Bonchev–Trinajstić information content (AvgIpc) is 2.82. The van der Waals surface area contributed by atoms with Gasteiger partial charge in [-0.15, -0.1) is 0 Å². The van der Waals surface area contributed by atoms with E-state index in [1.165, 1.54) is 11.3 Å². The van der Waals surface area contributed by atoms with Crippen molar-refractivity contribution < 1.29 is 24.6 Å². The van der Waals surface area contributed by atoms with E-state index in [4.69, 9.17) is 0 Å². The summed E-state index contributed by atoms with van der Waals surface area (Å²) in [6, 6.07) is 6.65. The van der Waals surface area contributed by atoms with Gasteiger partial charge in [0.25, 0.3) is 11.8 Å². The number of carbonyl (C=O) groups excluding carboxylic acids is 3. The van der Waals surface area contributed by atoms with Crippen LogP contribution in [0.15, 0.2) is 24.3 Å². The Morgan fingerprint density at radius 2 is 1.87 bits per heavy atom. The fourth-order valence-electron chi connectivity index (χ4n) is 4.89. The molecule has 1 unspecified atom stereocenters. The van der Waals surface area contributed by atoms with Crippen LogP contribution in [0.5, 0.6) is 0 Å². The van der Waals surface area contributed by atoms with Gasteiger partial charge in [-0.25, -0.2) is 0 Å². The molecule has 1 saturated carbocycles. The lowest BCUT2D eigenvalue weighted by molar-refractivity contribution is -0.144. The summed E-state index contributed by atoms with van der Waals surface area (Å²) in [6.45, 7) is 2.38. The zero-order chi connectivity index (χ0) is 22.4. The highest BCUT2D eigenvalue weighted by Crippen LogP contribution is 2.29. The van der Waals surface area contributed by atoms with Gasteiger partial charge in [-0.3, -0.25) is 14.4 Å². The van der Waals surface area contributed by atoms with Gasteiger partial charge >= 0.3 is 6.43 Å². The number of benzene rings is 1. The van der Waals surface area contributed by atoms with Crippen molar-refractivity contribution >= 4 is 17.6 Å². The number of likely N-dealkylation sites (tertiary alicyclic amines) is 1. The van der Waals surface area contributed by atoms with Crippen molar-refractivity contribution in [3.63, 3.8) is 0 Å². The average molecular weight is 437 g/mol. The van der Waals surface area contributed by atoms with Crippen molar-refractivity contribution in [2.24, 2.45) is 5.92 Å². The number of Topliss-reactive ketones (excluding diaryl/α,β-unsaturated/α-hetero) is 1. The number of nitrogens with zero attached hydrogens (tertiary/aromatic N) is 1. The normalized spacial score (nSPS) is 21.0. The minimum Gasteiger partial charge on any atom is -0.342 e. The Hall–Kier alpha value is -2.31. The lowest BCUT2D eigenvalue weighted by Gasteiger charge is -2.33. The highest BCUT2D eigenvalue weighted by molar-refractivity contribution is 5.98. The molecule has 0 bridgehead atoms. The molecule has 31 heavy (non-hydrogen) atoms. The lowest BCUT2D eigenvalue weighted by Crippen LogP contribution is -2.46. The fourth-order valence-corrected chi connectivity index (χ4v) is 4.89. The molecule has 0 spiro atoms. The molecule has 0 aromatic heterocycles. The molecule has 172 valence electrons. The lowest BCUT2D eigenvalue weighted by atomic mass is 9.81. The van der Waals surface area contributed by atoms with Crippen LogP contribution in [0.3, 0.4) is 0 Å². The third kappa shape index (κ3) is 5.89. The summed E-state index contributed by atoms with van der Waals surface area (Å²) in [5.74, 6) is -1.26. The number of carbonyl (C=O) groups is 3. The van der Waals surface area contributed by atoms with E-state index in [2.05, 4.69) is 5.32 Å². The van der Waals surface area contributed by atoms with Crippen molar-refractivity contribution in [2.45, 2.75) is 76.7 Å². The minimum atomic E-state index is -3.00. The molecule has 1 saturated heterocycles. The van der Waals surface area contributed by atoms with E-state index in [1.807, 2.05) is 13.0 Å². The van der Waals surface area contributed by atoms with E-state index in [0.29, 0.717) is 24.9 Å². The maximum atomic E-state index is 13.0. The smallest absolute Gasteiger partial charge is 0.315 e. The summed E-state index contributed by atoms with van der Waals surface area (Å²) < 4.78 is 25.6. The molecule has 3 rings (SSSR count). The van der Waals surface area contributed by atoms with E-state index in [0.717, 1.165) is 37.7 Å². The Balaban J connectivity index is 0.00000363. The Kier molecular flexibility index (Phi) is 8.15. The van der Waals surface area contributed by atoms with Gasteiger partial charge in [-0.1, -0.05) is 38.3 Å². The van der Waals surface area contributed by atoms with Crippen LogP contribution in [-0.2, 0) is 9.59 Å². The Labute approximate surface area is 184 Å². The Morgan fingerprint density at radius 3 is 2.55 bits per heavy atom. The van der Waals surface area contributed by atoms with Gasteiger partial charge < -0.3 is 10.2 Å². The van der Waals surface area contributed by atoms with Crippen molar-refractivity contribution in [2.75, 3.05) is 13.1 Å². The number of piperidine rings is 1. The van der Waals surface area contributed by atoms with Crippen molar-refractivity contribution in [1.82, 2.24) is 10.2 Å². The number of ketones is 1. The number of hydrogen-bond donors (Lipinski definition) is 1. The number of hydrogen-bond acceptors (Lipinski definition) is 3. The molecule has 1 N–H and O–H groups in total. The summed E-state index contributed by atoms with van der Waals surface area (Å²) in [4.78, 5) is 38.4. The SMILES string of the molecule is CCC(=O)[C@H](NC(=O)c1cccc(C2CCCN(C(=O)C(F)F)C2)c1)C1CCCCC1.[HH]. The van der Waals surface area contributed by atoms with Crippen molar-refractivity contribution in [1.29, 1.82) is 0 Å². The summed E-state index contributed by atoms with van der Waals surface area (Å²) in [7, 11) is 0. The summed E-state index contributed by atoms with van der Waals surface area (Å²) in [6.07, 6.45) is 4.05. The van der Waals surface area contributed by atoms with Crippen LogP contribution in [-0.4, -0.2) is 48.1 Å². The Bertz CT molecular complexity index is 799. The first-order valence-corrected chi connectivity index (χ1v) is 11.4. The summed E-state index contributed by atoms with van der Waals surface area (Å²) in [5, 5.41) is 2.97. The molecular weight excluding hydrogens is 402 g/mol. The predicted octanol–water partition coefficient (Wildman–Crippen LogP) is 4.56. The van der Waals surface area contributed by atoms with Crippen LogP contribution in [0.4, 0.5) is 8.78 Å². The quantitative estimate of drug-likeness (QED) is 0.681. The first-order valence-electron chi connectivity index (χ1n) is 11.4. The molecule has 2 amide bonds. The topological polar surface area (TPSA) is 66.5 Å². The van der Waals surface area contributed by atoms with Crippen LogP contribution in [0.25, 0.3) is 0 Å². The van der Waals surface area contributed by atoms with Gasteiger partial charge in [0.05, 0.1) is 6.04 Å². The molecule has 1 aromatic rings. The monoisotopic (exact) mass is 436 g/mol.